The molecule has 23 heavy (non-hydrogen) atoms. The largest absolute Gasteiger partial charge is 0.342 e. The number of rotatable bonds is 3. The first-order valence-corrected chi connectivity index (χ1v) is 9.03. The van der Waals surface area contributed by atoms with Gasteiger partial charge in [-0.1, -0.05) is 37.6 Å². The van der Waals surface area contributed by atoms with Gasteiger partial charge in [-0.15, -0.1) is 0 Å². The first-order chi connectivity index (χ1) is 10.9. The number of halogens is 1. The molecule has 126 valence electrons. The summed E-state index contributed by atoms with van der Waals surface area (Å²) in [5, 5.41) is 4.21. The lowest BCUT2D eigenvalue weighted by Gasteiger charge is -2.41. The molecule has 3 nitrogen and oxygen atoms in total. The highest BCUT2D eigenvalue weighted by atomic mass is 35.5. The van der Waals surface area contributed by atoms with E-state index in [9.17, 15) is 4.79 Å². The number of likely N-dealkylation sites (tertiary alicyclic amines) is 1. The molecule has 1 N–H and O–H groups in total. The van der Waals surface area contributed by atoms with Crippen molar-refractivity contribution < 1.29 is 4.79 Å². The summed E-state index contributed by atoms with van der Waals surface area (Å²) in [6.45, 7) is 8.17. The molecule has 1 amide bonds. The van der Waals surface area contributed by atoms with Gasteiger partial charge in [0.2, 0.25) is 5.91 Å². The highest BCUT2D eigenvalue weighted by Gasteiger charge is 2.40. The zero-order valence-electron chi connectivity index (χ0n) is 14.2. The van der Waals surface area contributed by atoms with E-state index < -0.39 is 0 Å². The van der Waals surface area contributed by atoms with Crippen LogP contribution >= 0.6 is 11.6 Å². The smallest absolute Gasteiger partial charge is 0.228 e. The van der Waals surface area contributed by atoms with Gasteiger partial charge in [-0.3, -0.25) is 4.79 Å². The Labute approximate surface area is 144 Å². The summed E-state index contributed by atoms with van der Waals surface area (Å²) in [7, 11) is 0. The van der Waals surface area contributed by atoms with Crippen molar-refractivity contribution in [1.29, 1.82) is 0 Å². The molecular weight excluding hydrogens is 308 g/mol. The molecule has 0 atom stereocenters. The first kappa shape index (κ1) is 16.8. The Balaban J connectivity index is 1.62. The Hall–Kier alpha value is -1.06. The molecule has 1 aromatic carbocycles. The van der Waals surface area contributed by atoms with Crippen LogP contribution in [-0.4, -0.2) is 37.0 Å². The molecular formula is C19H27ClN2O. The van der Waals surface area contributed by atoms with Crippen LogP contribution in [0.3, 0.4) is 0 Å². The zero-order valence-corrected chi connectivity index (χ0v) is 15.0. The van der Waals surface area contributed by atoms with E-state index in [-0.39, 0.29) is 11.3 Å². The van der Waals surface area contributed by atoms with Crippen LogP contribution in [-0.2, 0) is 11.2 Å². The summed E-state index contributed by atoms with van der Waals surface area (Å²) in [5.41, 5.74) is 1.20. The maximum Gasteiger partial charge on any atom is 0.228 e. The number of carbonyl (C=O) groups excluding carboxylic acids is 1. The van der Waals surface area contributed by atoms with Gasteiger partial charge < -0.3 is 10.2 Å². The summed E-state index contributed by atoms with van der Waals surface area (Å²) < 4.78 is 0. The van der Waals surface area contributed by atoms with E-state index in [2.05, 4.69) is 30.1 Å². The van der Waals surface area contributed by atoms with E-state index in [1.807, 2.05) is 18.2 Å². The number of nitrogens with one attached hydrogen (secondary N) is 1. The Morgan fingerprint density at radius 2 is 2.04 bits per heavy atom. The van der Waals surface area contributed by atoms with Crippen LogP contribution in [0.25, 0.3) is 0 Å². The molecule has 3 rings (SSSR count). The van der Waals surface area contributed by atoms with Crippen molar-refractivity contribution in [1.82, 2.24) is 10.2 Å². The molecule has 0 aromatic heterocycles. The standard InChI is InChI=1S/C19H27ClN2O/c1-18(2,13-15-4-3-5-16(20)12-15)17(23)22-10-7-19(8-11-22)6-9-21-14-19/h3-5,12,21H,6-11,13-14H2,1-2H3. The SMILES string of the molecule is CC(C)(Cc1cccc(Cl)c1)C(=O)N1CCC2(CCNC2)CC1. The summed E-state index contributed by atoms with van der Waals surface area (Å²) >= 11 is 6.07. The Bertz CT molecular complexity index is 568. The molecule has 2 fully saturated rings. The molecule has 2 saturated heterocycles. The number of hydrogen-bond acceptors (Lipinski definition) is 2. The minimum Gasteiger partial charge on any atom is -0.342 e. The number of hydrogen-bond donors (Lipinski definition) is 1. The van der Waals surface area contributed by atoms with Crippen LogP contribution in [0, 0.1) is 10.8 Å². The molecule has 0 bridgehead atoms. The third-order valence-corrected chi connectivity index (χ3v) is 5.79. The Morgan fingerprint density at radius 3 is 2.65 bits per heavy atom. The molecule has 1 spiro atoms. The lowest BCUT2D eigenvalue weighted by atomic mass is 9.76. The predicted molar refractivity (Wildman–Crippen MR) is 94.7 cm³/mol. The van der Waals surface area contributed by atoms with Crippen LogP contribution in [0.2, 0.25) is 5.02 Å². The van der Waals surface area contributed by atoms with E-state index in [1.54, 1.807) is 0 Å². The van der Waals surface area contributed by atoms with Gasteiger partial charge in [0.05, 0.1) is 0 Å². The zero-order chi connectivity index (χ0) is 16.5. The van der Waals surface area contributed by atoms with E-state index in [4.69, 9.17) is 11.6 Å². The monoisotopic (exact) mass is 334 g/mol. The summed E-state index contributed by atoms with van der Waals surface area (Å²) in [4.78, 5) is 15.1. The average molecular weight is 335 g/mol. The normalized spacial score (nSPS) is 20.9. The summed E-state index contributed by atoms with van der Waals surface area (Å²) in [6.07, 6.45) is 4.27. The second-order valence-corrected chi connectivity index (χ2v) is 8.35. The van der Waals surface area contributed by atoms with Gasteiger partial charge in [-0.05, 0) is 55.3 Å². The van der Waals surface area contributed by atoms with E-state index >= 15 is 0 Å². The van der Waals surface area contributed by atoms with Gasteiger partial charge in [0.15, 0.2) is 0 Å². The highest BCUT2D eigenvalue weighted by Crippen LogP contribution is 2.38. The molecule has 0 radical (unpaired) electrons. The molecule has 2 heterocycles. The van der Waals surface area contributed by atoms with Crippen molar-refractivity contribution in [3.05, 3.63) is 34.9 Å². The lowest BCUT2D eigenvalue weighted by molar-refractivity contribution is -0.142. The third-order valence-electron chi connectivity index (χ3n) is 5.56. The van der Waals surface area contributed by atoms with Crippen LogP contribution in [0.1, 0.15) is 38.7 Å². The van der Waals surface area contributed by atoms with Crippen LogP contribution in [0.5, 0.6) is 0 Å². The van der Waals surface area contributed by atoms with E-state index in [0.717, 1.165) is 56.0 Å². The number of carbonyl (C=O) groups is 1. The maximum atomic E-state index is 13.0. The maximum absolute atomic E-state index is 13.0. The van der Waals surface area contributed by atoms with Crippen molar-refractivity contribution in [3.63, 3.8) is 0 Å². The van der Waals surface area contributed by atoms with Crippen LogP contribution in [0.4, 0.5) is 0 Å². The topological polar surface area (TPSA) is 32.3 Å². The second kappa shape index (κ2) is 6.45. The van der Waals surface area contributed by atoms with Crippen molar-refractivity contribution >= 4 is 17.5 Å². The Morgan fingerprint density at radius 1 is 1.30 bits per heavy atom. The number of piperidine rings is 1. The number of benzene rings is 1. The van der Waals surface area contributed by atoms with Gasteiger partial charge >= 0.3 is 0 Å². The molecule has 2 aliphatic rings. The fraction of sp³-hybridized carbons (Fsp3) is 0.632. The first-order valence-electron chi connectivity index (χ1n) is 8.65. The fourth-order valence-electron chi connectivity index (χ4n) is 4.07. The van der Waals surface area contributed by atoms with Crippen molar-refractivity contribution in [2.24, 2.45) is 10.8 Å². The average Bonchev–Trinajstić information content (AvgIpc) is 2.95. The molecule has 1 aromatic rings. The van der Waals surface area contributed by atoms with E-state index in [0.29, 0.717) is 5.41 Å². The molecule has 0 saturated carbocycles. The quantitative estimate of drug-likeness (QED) is 0.917. The van der Waals surface area contributed by atoms with Gasteiger partial charge in [-0.2, -0.15) is 0 Å². The van der Waals surface area contributed by atoms with Crippen LogP contribution in [0.15, 0.2) is 24.3 Å². The predicted octanol–water partition coefficient (Wildman–Crippen LogP) is 3.51. The van der Waals surface area contributed by atoms with Gasteiger partial charge in [0.25, 0.3) is 0 Å². The van der Waals surface area contributed by atoms with Gasteiger partial charge in [0, 0.05) is 30.1 Å². The van der Waals surface area contributed by atoms with Crippen molar-refractivity contribution in [2.45, 2.75) is 39.5 Å². The van der Waals surface area contributed by atoms with Crippen molar-refractivity contribution in [2.75, 3.05) is 26.2 Å². The summed E-state index contributed by atoms with van der Waals surface area (Å²) in [5.74, 6) is 0.276. The highest BCUT2D eigenvalue weighted by molar-refractivity contribution is 6.30. The minimum atomic E-state index is -0.386. The minimum absolute atomic E-state index is 0.276. The Kier molecular flexibility index (Phi) is 4.70. The third kappa shape index (κ3) is 3.72. The van der Waals surface area contributed by atoms with Gasteiger partial charge in [-0.25, -0.2) is 0 Å². The lowest BCUT2D eigenvalue weighted by Crippen LogP contribution is -2.49. The van der Waals surface area contributed by atoms with Crippen LogP contribution < -0.4 is 5.32 Å². The number of amides is 1. The van der Waals surface area contributed by atoms with E-state index in [1.165, 1.54) is 6.42 Å². The molecule has 0 aliphatic carbocycles. The summed E-state index contributed by atoms with van der Waals surface area (Å²) in [6, 6.07) is 7.85. The van der Waals surface area contributed by atoms with Crippen molar-refractivity contribution in [3.8, 4) is 0 Å². The number of nitrogens with zero attached hydrogens (tertiary/aromatic N) is 1. The fourth-order valence-corrected chi connectivity index (χ4v) is 4.28. The molecule has 0 unspecified atom stereocenters. The molecule has 4 heteroatoms. The van der Waals surface area contributed by atoms with Gasteiger partial charge in [0.1, 0.15) is 0 Å². The second-order valence-electron chi connectivity index (χ2n) is 7.91. The molecule has 2 aliphatic heterocycles.